The Labute approximate surface area is 155 Å². The fraction of sp³-hybridized carbons (Fsp3) is 0.381. The first-order chi connectivity index (χ1) is 12.7. The zero-order valence-corrected chi connectivity index (χ0v) is 15.3. The molecule has 1 amide bonds. The molecule has 1 heterocycles. The fourth-order valence-electron chi connectivity index (χ4n) is 3.04. The number of benzene rings is 1. The smallest absolute Gasteiger partial charge is 0.270 e. The predicted molar refractivity (Wildman–Crippen MR) is 104 cm³/mol. The Morgan fingerprint density at radius 2 is 2.00 bits per heavy atom. The van der Waals surface area contributed by atoms with Gasteiger partial charge in [0.25, 0.3) is 5.91 Å². The van der Waals surface area contributed by atoms with Crippen molar-refractivity contribution in [3.63, 3.8) is 0 Å². The maximum absolute atomic E-state index is 12.3. The van der Waals surface area contributed by atoms with E-state index in [2.05, 4.69) is 26.7 Å². The molecule has 136 valence electrons. The van der Waals surface area contributed by atoms with Gasteiger partial charge in [-0.1, -0.05) is 41.5 Å². The molecule has 26 heavy (non-hydrogen) atoms. The van der Waals surface area contributed by atoms with Gasteiger partial charge in [-0.3, -0.25) is 4.79 Å². The maximum Gasteiger partial charge on any atom is 0.270 e. The van der Waals surface area contributed by atoms with Gasteiger partial charge in [-0.25, -0.2) is 9.97 Å². The minimum atomic E-state index is -0.189. The van der Waals surface area contributed by atoms with Crippen LogP contribution in [0.1, 0.15) is 53.7 Å². The Hall–Kier alpha value is -2.69. The highest BCUT2D eigenvalue weighted by Crippen LogP contribution is 2.20. The average molecular weight is 350 g/mol. The summed E-state index contributed by atoms with van der Waals surface area (Å²) in [5.74, 6) is 0.503. The number of aromatic nitrogens is 2. The molecule has 1 aliphatic carbocycles. The first kappa shape index (κ1) is 18.1. The minimum Gasteiger partial charge on any atom is -0.370 e. The van der Waals surface area contributed by atoms with Crippen LogP contribution in [0, 0.1) is 6.92 Å². The van der Waals surface area contributed by atoms with Crippen LogP contribution in [0.15, 0.2) is 48.3 Å². The summed E-state index contributed by atoms with van der Waals surface area (Å²) < 4.78 is 0. The van der Waals surface area contributed by atoms with E-state index >= 15 is 0 Å². The topological polar surface area (TPSA) is 66.9 Å². The normalized spacial score (nSPS) is 13.8. The zero-order chi connectivity index (χ0) is 18.2. The summed E-state index contributed by atoms with van der Waals surface area (Å²) in [5.41, 5.74) is 4.17. The molecule has 0 saturated carbocycles. The molecule has 0 radical (unpaired) electrons. The number of hydrogen-bond acceptors (Lipinski definition) is 4. The third kappa shape index (κ3) is 5.41. The highest BCUT2D eigenvalue weighted by Gasteiger charge is 2.09. The van der Waals surface area contributed by atoms with Crippen LogP contribution in [-0.2, 0) is 6.54 Å². The van der Waals surface area contributed by atoms with Crippen LogP contribution >= 0.6 is 0 Å². The summed E-state index contributed by atoms with van der Waals surface area (Å²) in [6.07, 6.45) is 9.83. The summed E-state index contributed by atoms with van der Waals surface area (Å²) in [6.45, 7) is 3.36. The lowest BCUT2D eigenvalue weighted by molar-refractivity contribution is 0.0946. The summed E-state index contributed by atoms with van der Waals surface area (Å²) in [6, 6.07) is 9.82. The number of nitrogens with one attached hydrogen (secondary N) is 2. The number of rotatable bonds is 7. The number of hydrogen-bond donors (Lipinski definition) is 2. The van der Waals surface area contributed by atoms with Gasteiger partial charge >= 0.3 is 0 Å². The van der Waals surface area contributed by atoms with Crippen molar-refractivity contribution in [3.8, 4) is 0 Å². The Kier molecular flexibility index (Phi) is 6.36. The standard InChI is InChI=1S/C21H26N4O/c1-16-7-9-18(10-8-16)14-23-21(26)19-13-20(25-15-24-19)22-12-11-17-5-3-2-4-6-17/h5,7-10,13,15H,2-4,6,11-12,14H2,1H3,(H,23,26)(H,22,24,25). The van der Waals surface area contributed by atoms with E-state index in [0.29, 0.717) is 18.1 Å². The van der Waals surface area contributed by atoms with Crippen molar-refractivity contribution < 1.29 is 4.79 Å². The molecule has 0 atom stereocenters. The van der Waals surface area contributed by atoms with Gasteiger partial charge in [0.05, 0.1) is 0 Å². The Morgan fingerprint density at radius 1 is 1.15 bits per heavy atom. The molecule has 1 aromatic heterocycles. The first-order valence-corrected chi connectivity index (χ1v) is 9.28. The van der Waals surface area contributed by atoms with Gasteiger partial charge in [0, 0.05) is 19.2 Å². The molecule has 1 aliphatic rings. The van der Waals surface area contributed by atoms with Crippen LogP contribution in [-0.4, -0.2) is 22.4 Å². The quantitative estimate of drug-likeness (QED) is 0.740. The first-order valence-electron chi connectivity index (χ1n) is 9.28. The van der Waals surface area contributed by atoms with Gasteiger partial charge < -0.3 is 10.6 Å². The van der Waals surface area contributed by atoms with E-state index in [1.54, 1.807) is 6.07 Å². The Morgan fingerprint density at radius 3 is 2.77 bits per heavy atom. The van der Waals surface area contributed by atoms with E-state index in [9.17, 15) is 4.79 Å². The summed E-state index contributed by atoms with van der Waals surface area (Å²) in [5, 5.41) is 6.20. The van der Waals surface area contributed by atoms with Crippen molar-refractivity contribution in [1.82, 2.24) is 15.3 Å². The van der Waals surface area contributed by atoms with Gasteiger partial charge in [-0.2, -0.15) is 0 Å². The predicted octanol–water partition coefficient (Wildman–Crippen LogP) is 4.02. The van der Waals surface area contributed by atoms with Crippen LogP contribution in [0.4, 0.5) is 5.82 Å². The van der Waals surface area contributed by atoms with Crippen LogP contribution in [0.3, 0.4) is 0 Å². The van der Waals surface area contributed by atoms with Crippen LogP contribution in [0.25, 0.3) is 0 Å². The van der Waals surface area contributed by atoms with Crippen LogP contribution in [0.2, 0.25) is 0 Å². The van der Waals surface area contributed by atoms with E-state index in [-0.39, 0.29) is 5.91 Å². The molecule has 0 aliphatic heterocycles. The lowest BCUT2D eigenvalue weighted by Gasteiger charge is -2.13. The Balaban J connectivity index is 1.50. The van der Waals surface area contributed by atoms with E-state index in [1.807, 2.05) is 31.2 Å². The molecular formula is C21H26N4O. The highest BCUT2D eigenvalue weighted by molar-refractivity contribution is 5.92. The molecule has 0 fully saturated rings. The molecule has 2 aromatic rings. The fourth-order valence-corrected chi connectivity index (χ4v) is 3.04. The lowest BCUT2D eigenvalue weighted by Crippen LogP contribution is -2.24. The lowest BCUT2D eigenvalue weighted by atomic mass is 9.97. The molecule has 0 spiro atoms. The minimum absolute atomic E-state index is 0.189. The second-order valence-corrected chi connectivity index (χ2v) is 6.74. The van der Waals surface area contributed by atoms with Gasteiger partial charge in [0.15, 0.2) is 0 Å². The van der Waals surface area contributed by atoms with Crippen LogP contribution < -0.4 is 10.6 Å². The second kappa shape index (κ2) is 9.13. The molecule has 0 bridgehead atoms. The molecule has 3 rings (SSSR count). The van der Waals surface area contributed by atoms with Crippen molar-refractivity contribution in [1.29, 1.82) is 0 Å². The molecule has 1 aromatic carbocycles. The third-order valence-electron chi connectivity index (χ3n) is 4.61. The number of anilines is 1. The largest absolute Gasteiger partial charge is 0.370 e. The SMILES string of the molecule is Cc1ccc(CNC(=O)c2cc(NCCC3=CCCCC3)ncn2)cc1. The van der Waals surface area contributed by atoms with Crippen molar-refractivity contribution in [2.45, 2.75) is 45.6 Å². The summed E-state index contributed by atoms with van der Waals surface area (Å²) >= 11 is 0. The van der Waals surface area contributed by atoms with E-state index < -0.39 is 0 Å². The monoisotopic (exact) mass is 350 g/mol. The number of carbonyl (C=O) groups is 1. The summed E-state index contributed by atoms with van der Waals surface area (Å²) in [7, 11) is 0. The van der Waals surface area contributed by atoms with Gasteiger partial charge in [-0.15, -0.1) is 0 Å². The van der Waals surface area contributed by atoms with Gasteiger partial charge in [-0.05, 0) is 44.6 Å². The second-order valence-electron chi connectivity index (χ2n) is 6.74. The molecule has 2 N–H and O–H groups in total. The molecule has 5 nitrogen and oxygen atoms in total. The summed E-state index contributed by atoms with van der Waals surface area (Å²) in [4.78, 5) is 20.6. The Bertz CT molecular complexity index is 768. The number of allylic oxidation sites excluding steroid dienone is 1. The van der Waals surface area contributed by atoms with Crippen molar-refractivity contribution in [2.24, 2.45) is 0 Å². The van der Waals surface area contributed by atoms with Crippen LogP contribution in [0.5, 0.6) is 0 Å². The van der Waals surface area contributed by atoms with Crippen molar-refractivity contribution in [2.75, 3.05) is 11.9 Å². The van der Waals surface area contributed by atoms with Crippen molar-refractivity contribution >= 4 is 11.7 Å². The highest BCUT2D eigenvalue weighted by atomic mass is 16.1. The molecular weight excluding hydrogens is 324 g/mol. The van der Waals surface area contributed by atoms with Crippen molar-refractivity contribution in [3.05, 3.63) is 65.1 Å². The van der Waals surface area contributed by atoms with Gasteiger partial charge in [0.2, 0.25) is 0 Å². The molecule has 0 saturated heterocycles. The van der Waals surface area contributed by atoms with E-state index in [4.69, 9.17) is 0 Å². The number of carbonyl (C=O) groups excluding carboxylic acids is 1. The van der Waals surface area contributed by atoms with E-state index in [1.165, 1.54) is 43.1 Å². The maximum atomic E-state index is 12.3. The number of amides is 1. The molecule has 0 unspecified atom stereocenters. The number of aryl methyl sites for hydroxylation is 1. The zero-order valence-electron chi connectivity index (χ0n) is 15.3. The molecule has 5 heteroatoms. The van der Waals surface area contributed by atoms with E-state index in [0.717, 1.165) is 18.5 Å². The van der Waals surface area contributed by atoms with Gasteiger partial charge in [0.1, 0.15) is 17.8 Å². The number of nitrogens with zero attached hydrogens (tertiary/aromatic N) is 2. The third-order valence-corrected chi connectivity index (χ3v) is 4.61. The average Bonchev–Trinajstić information content (AvgIpc) is 2.68.